The van der Waals surface area contributed by atoms with Crippen LogP contribution < -0.4 is 0 Å². The Morgan fingerprint density at radius 3 is 1.18 bits per heavy atom. The first-order valence-electron chi connectivity index (χ1n) is 8.50. The maximum atomic E-state index is 11.4. The van der Waals surface area contributed by atoms with Crippen LogP contribution in [0.3, 0.4) is 0 Å². The molecule has 1 aromatic carbocycles. The first-order chi connectivity index (χ1) is 16.1. The van der Waals surface area contributed by atoms with E-state index in [0.717, 1.165) is 0 Å². The molecule has 34 heavy (non-hydrogen) atoms. The fourth-order valence-electron chi connectivity index (χ4n) is 3.21. The van der Waals surface area contributed by atoms with Gasteiger partial charge in [-0.05, 0) is 19.8 Å². The zero-order chi connectivity index (χ0) is 24.9. The lowest BCUT2D eigenvalue weighted by atomic mass is 10.1. The number of fused-ring (bicyclic) bond motifs is 6. The standard InChI is InChI=1S/C16H2N10O8/c17-3-7-8(4-18)20-12-6-2-10(24(29)30)16(26(33)34)22-14(6)13-5(11(12)19-7)1-9(23(27)28)15(21-13)25(31)32/h1-2H. The van der Waals surface area contributed by atoms with E-state index in [4.69, 9.17) is 0 Å². The van der Waals surface area contributed by atoms with Crippen molar-refractivity contribution in [1.82, 2.24) is 19.9 Å². The lowest BCUT2D eigenvalue weighted by Gasteiger charge is -2.06. The Kier molecular flexibility index (Phi) is 4.54. The Morgan fingerprint density at radius 1 is 0.588 bits per heavy atom. The molecule has 4 rings (SSSR count). The Balaban J connectivity index is 2.41. The van der Waals surface area contributed by atoms with E-state index in [1.807, 2.05) is 0 Å². The molecule has 0 amide bonds. The molecule has 0 aliphatic rings. The Labute approximate surface area is 182 Å². The normalized spacial score (nSPS) is 10.6. The molecule has 0 atom stereocenters. The number of nitro groups is 4. The van der Waals surface area contributed by atoms with Gasteiger partial charge in [0.15, 0.2) is 11.4 Å². The van der Waals surface area contributed by atoms with Gasteiger partial charge in [-0.1, -0.05) is 0 Å². The van der Waals surface area contributed by atoms with Crippen LogP contribution in [0.5, 0.6) is 0 Å². The number of hydrogen-bond acceptors (Lipinski definition) is 14. The minimum atomic E-state index is -1.23. The van der Waals surface area contributed by atoms with E-state index in [-0.39, 0.29) is 21.8 Å². The van der Waals surface area contributed by atoms with Gasteiger partial charge < -0.3 is 20.2 Å². The molecule has 4 aromatic rings. The van der Waals surface area contributed by atoms with Gasteiger partial charge in [-0.3, -0.25) is 20.2 Å². The predicted octanol–water partition coefficient (Wildman–Crippen LogP) is 2.10. The second-order valence-corrected chi connectivity index (χ2v) is 6.32. The molecule has 0 fully saturated rings. The van der Waals surface area contributed by atoms with Gasteiger partial charge in [0.2, 0.25) is 11.0 Å². The summed E-state index contributed by atoms with van der Waals surface area (Å²) < 4.78 is 0. The van der Waals surface area contributed by atoms with Crippen LogP contribution in [0.4, 0.5) is 23.0 Å². The quantitative estimate of drug-likeness (QED) is 0.238. The zero-order valence-corrected chi connectivity index (χ0v) is 15.9. The molecule has 0 aliphatic heterocycles. The van der Waals surface area contributed by atoms with Gasteiger partial charge in [0, 0.05) is 12.1 Å². The van der Waals surface area contributed by atoms with Gasteiger partial charge in [-0.25, -0.2) is 9.97 Å². The Hall–Kier alpha value is -6.04. The maximum Gasteiger partial charge on any atom is 0.443 e. The molecule has 0 radical (unpaired) electrons. The van der Waals surface area contributed by atoms with E-state index >= 15 is 0 Å². The van der Waals surface area contributed by atoms with Gasteiger partial charge in [0.05, 0.1) is 20.6 Å². The fourth-order valence-corrected chi connectivity index (χ4v) is 3.21. The van der Waals surface area contributed by atoms with E-state index in [1.165, 1.54) is 0 Å². The third-order valence-electron chi connectivity index (χ3n) is 4.55. The van der Waals surface area contributed by atoms with Crippen molar-refractivity contribution in [2.24, 2.45) is 0 Å². The van der Waals surface area contributed by atoms with Crippen molar-refractivity contribution in [3.63, 3.8) is 0 Å². The van der Waals surface area contributed by atoms with Crippen molar-refractivity contribution in [3.8, 4) is 12.1 Å². The van der Waals surface area contributed by atoms with Crippen LogP contribution >= 0.6 is 0 Å². The maximum absolute atomic E-state index is 11.4. The van der Waals surface area contributed by atoms with Crippen molar-refractivity contribution in [2.75, 3.05) is 0 Å². The van der Waals surface area contributed by atoms with Gasteiger partial charge in [-0.2, -0.15) is 10.5 Å². The average Bonchev–Trinajstić information content (AvgIpc) is 2.81. The van der Waals surface area contributed by atoms with E-state index in [1.54, 1.807) is 12.1 Å². The second kappa shape index (κ2) is 7.28. The molecular formula is C16H2N10O8. The number of rotatable bonds is 4. The molecule has 3 aromatic heterocycles. The van der Waals surface area contributed by atoms with Crippen LogP contribution in [0.25, 0.3) is 32.8 Å². The summed E-state index contributed by atoms with van der Waals surface area (Å²) >= 11 is 0. The average molecular weight is 462 g/mol. The van der Waals surface area contributed by atoms with E-state index < -0.39 is 65.1 Å². The largest absolute Gasteiger partial charge is 0.443 e. The van der Waals surface area contributed by atoms with E-state index in [9.17, 15) is 51.0 Å². The molecule has 0 aliphatic carbocycles. The second-order valence-electron chi connectivity index (χ2n) is 6.32. The number of nitriles is 2. The first-order valence-corrected chi connectivity index (χ1v) is 8.50. The number of pyridine rings is 2. The molecule has 0 spiro atoms. The lowest BCUT2D eigenvalue weighted by molar-refractivity contribution is -0.425. The minimum absolute atomic E-state index is 0.316. The van der Waals surface area contributed by atoms with Crippen LogP contribution in [0, 0.1) is 63.1 Å². The predicted molar refractivity (Wildman–Crippen MR) is 106 cm³/mol. The molecule has 0 bridgehead atoms. The number of benzene rings is 1. The van der Waals surface area contributed by atoms with Gasteiger partial charge in [0.25, 0.3) is 0 Å². The molecule has 0 saturated carbocycles. The molecule has 0 unspecified atom stereocenters. The molecular weight excluding hydrogens is 460 g/mol. The van der Waals surface area contributed by atoms with Crippen molar-refractivity contribution in [2.45, 2.75) is 0 Å². The van der Waals surface area contributed by atoms with Crippen molar-refractivity contribution < 1.29 is 19.7 Å². The van der Waals surface area contributed by atoms with Crippen molar-refractivity contribution in [3.05, 3.63) is 64.0 Å². The van der Waals surface area contributed by atoms with E-state index in [0.29, 0.717) is 12.1 Å². The Morgan fingerprint density at radius 2 is 0.912 bits per heavy atom. The van der Waals surface area contributed by atoms with Crippen molar-refractivity contribution in [1.29, 1.82) is 10.5 Å². The van der Waals surface area contributed by atoms with Crippen molar-refractivity contribution >= 4 is 55.8 Å². The summed E-state index contributed by atoms with van der Waals surface area (Å²) in [4.78, 5) is 56.2. The van der Waals surface area contributed by atoms with Gasteiger partial charge >= 0.3 is 23.0 Å². The zero-order valence-electron chi connectivity index (χ0n) is 15.9. The summed E-state index contributed by atoms with van der Waals surface area (Å²) in [5.74, 6) is -2.47. The third-order valence-corrected chi connectivity index (χ3v) is 4.55. The first kappa shape index (κ1) is 21.2. The topological polar surface area (TPSA) is 272 Å². The molecule has 18 nitrogen and oxygen atoms in total. The highest BCUT2D eigenvalue weighted by molar-refractivity contribution is 6.21. The van der Waals surface area contributed by atoms with Gasteiger partial charge in [0.1, 0.15) is 23.2 Å². The summed E-state index contributed by atoms with van der Waals surface area (Å²) in [6.45, 7) is 0. The highest BCUT2D eigenvalue weighted by Crippen LogP contribution is 2.39. The summed E-state index contributed by atoms with van der Waals surface area (Å²) in [6, 6.07) is 4.59. The molecule has 18 heteroatoms. The summed E-state index contributed by atoms with van der Waals surface area (Å²) in [7, 11) is 0. The lowest BCUT2D eigenvalue weighted by Crippen LogP contribution is -2.05. The van der Waals surface area contributed by atoms with Crippen LogP contribution in [-0.2, 0) is 0 Å². The third kappa shape index (κ3) is 2.96. The van der Waals surface area contributed by atoms with E-state index in [2.05, 4.69) is 19.9 Å². The SMILES string of the molecule is N#Cc1nc2c3cc([N+](=O)[O-])c([N+](=O)[O-])nc3c3nc([N+](=O)[O-])c([N+](=O)[O-])cc3c2nc1C#N. The Bertz CT molecular complexity index is 1630. The summed E-state index contributed by atoms with van der Waals surface area (Å²) in [5.41, 5.74) is -4.82. The molecule has 0 N–H and O–H groups in total. The van der Waals surface area contributed by atoms with Crippen LogP contribution in [0.2, 0.25) is 0 Å². The van der Waals surface area contributed by atoms with Gasteiger partial charge in [-0.15, -0.1) is 0 Å². The number of hydrogen-bond donors (Lipinski definition) is 0. The fraction of sp³-hybridized carbons (Fsp3) is 0. The monoisotopic (exact) mass is 462 g/mol. The number of aromatic nitrogens is 4. The highest BCUT2D eigenvalue weighted by Gasteiger charge is 2.35. The summed E-state index contributed by atoms with van der Waals surface area (Å²) in [6.07, 6.45) is 0. The summed E-state index contributed by atoms with van der Waals surface area (Å²) in [5, 5.41) is 63.5. The molecule has 164 valence electrons. The van der Waals surface area contributed by atoms with Crippen LogP contribution in [0.1, 0.15) is 11.4 Å². The molecule has 3 heterocycles. The molecule has 0 saturated heterocycles. The minimum Gasteiger partial charge on any atom is -0.358 e. The van der Waals surface area contributed by atoms with Crippen LogP contribution in [-0.4, -0.2) is 39.6 Å². The van der Waals surface area contributed by atoms with Crippen LogP contribution in [0.15, 0.2) is 12.1 Å². The number of nitrogens with zero attached hydrogens (tertiary/aromatic N) is 10. The highest BCUT2D eigenvalue weighted by atomic mass is 16.6. The smallest absolute Gasteiger partial charge is 0.358 e.